The number of halogens is 1. The zero-order valence-electron chi connectivity index (χ0n) is 8.27. The van der Waals surface area contributed by atoms with E-state index in [2.05, 4.69) is 4.98 Å². The summed E-state index contributed by atoms with van der Waals surface area (Å²) in [4.78, 5) is 3.79. The van der Waals surface area contributed by atoms with E-state index in [0.29, 0.717) is 5.56 Å². The molecule has 0 spiro atoms. The molecule has 0 aliphatic carbocycles. The molecule has 0 saturated carbocycles. The summed E-state index contributed by atoms with van der Waals surface area (Å²) in [5, 5.41) is 4.02. The van der Waals surface area contributed by atoms with Gasteiger partial charge >= 0.3 is 0 Å². The van der Waals surface area contributed by atoms with Crippen molar-refractivity contribution in [2.45, 2.75) is 13.0 Å². The van der Waals surface area contributed by atoms with Crippen molar-refractivity contribution < 1.29 is 4.39 Å². The topological polar surface area (TPSA) is 38.9 Å². The van der Waals surface area contributed by atoms with Crippen LogP contribution in [0.2, 0.25) is 0 Å². The molecule has 2 aromatic heterocycles. The summed E-state index contributed by atoms with van der Waals surface area (Å²) in [5.74, 6) is -0.351. The van der Waals surface area contributed by atoms with Crippen LogP contribution in [0.15, 0.2) is 29.2 Å². The highest BCUT2D eigenvalue weighted by Gasteiger charge is 2.12. The maximum atomic E-state index is 13.0. The van der Waals surface area contributed by atoms with Gasteiger partial charge in [0.2, 0.25) is 0 Å². The lowest BCUT2D eigenvalue weighted by Gasteiger charge is -2.11. The van der Waals surface area contributed by atoms with Gasteiger partial charge in [0.1, 0.15) is 5.82 Å². The maximum absolute atomic E-state index is 13.0. The van der Waals surface area contributed by atoms with Crippen molar-refractivity contribution in [2.24, 2.45) is 5.73 Å². The van der Waals surface area contributed by atoms with Gasteiger partial charge < -0.3 is 5.73 Å². The van der Waals surface area contributed by atoms with E-state index in [1.54, 1.807) is 17.5 Å². The average Bonchev–Trinajstić information content (AvgIpc) is 2.63. The third-order valence-electron chi connectivity index (χ3n) is 2.32. The molecule has 2 N–H and O–H groups in total. The summed E-state index contributed by atoms with van der Waals surface area (Å²) in [5.41, 5.74) is 8.91. The highest BCUT2D eigenvalue weighted by molar-refractivity contribution is 7.08. The van der Waals surface area contributed by atoms with Crippen LogP contribution >= 0.6 is 11.3 Å². The monoisotopic (exact) mass is 222 g/mol. The molecular weight excluding hydrogens is 211 g/mol. The van der Waals surface area contributed by atoms with E-state index in [4.69, 9.17) is 5.73 Å². The number of thiophene rings is 1. The first-order valence-electron chi connectivity index (χ1n) is 4.57. The zero-order chi connectivity index (χ0) is 10.8. The Hall–Kier alpha value is -1.26. The van der Waals surface area contributed by atoms with Crippen molar-refractivity contribution in [1.82, 2.24) is 4.98 Å². The average molecular weight is 222 g/mol. The van der Waals surface area contributed by atoms with Gasteiger partial charge in [0.15, 0.2) is 0 Å². The molecule has 1 unspecified atom stereocenters. The molecule has 4 heteroatoms. The van der Waals surface area contributed by atoms with Crippen molar-refractivity contribution in [3.05, 3.63) is 51.7 Å². The number of hydrogen-bond acceptors (Lipinski definition) is 3. The zero-order valence-corrected chi connectivity index (χ0v) is 9.09. The lowest BCUT2D eigenvalue weighted by molar-refractivity contribution is 0.616. The molecule has 2 nitrogen and oxygen atoms in total. The number of pyridine rings is 1. The summed E-state index contributed by atoms with van der Waals surface area (Å²) < 4.78 is 13.0. The van der Waals surface area contributed by atoms with Crippen molar-refractivity contribution in [2.75, 3.05) is 0 Å². The lowest BCUT2D eigenvalue weighted by atomic mass is 10.0. The minimum atomic E-state index is -0.351. The summed E-state index contributed by atoms with van der Waals surface area (Å²) in [6.07, 6.45) is 2.78. The van der Waals surface area contributed by atoms with Crippen LogP contribution < -0.4 is 5.73 Å². The third kappa shape index (κ3) is 2.06. The molecule has 2 heterocycles. The Morgan fingerprint density at radius 2 is 2.20 bits per heavy atom. The van der Waals surface area contributed by atoms with Gasteiger partial charge in [-0.05, 0) is 40.4 Å². The highest BCUT2D eigenvalue weighted by Crippen LogP contribution is 2.25. The van der Waals surface area contributed by atoms with Crippen molar-refractivity contribution in [3.63, 3.8) is 0 Å². The molecule has 0 aliphatic heterocycles. The van der Waals surface area contributed by atoms with E-state index < -0.39 is 0 Å². The molecule has 2 aromatic rings. The molecule has 0 radical (unpaired) electrons. The smallest absolute Gasteiger partial charge is 0.141 e. The van der Waals surface area contributed by atoms with Crippen LogP contribution in [-0.4, -0.2) is 4.98 Å². The minimum Gasteiger partial charge on any atom is -0.320 e. The van der Waals surface area contributed by atoms with Gasteiger partial charge in [-0.1, -0.05) is 0 Å². The Labute approximate surface area is 91.6 Å². The second-order valence-electron chi connectivity index (χ2n) is 3.42. The van der Waals surface area contributed by atoms with Gasteiger partial charge in [0, 0.05) is 6.20 Å². The van der Waals surface area contributed by atoms with Gasteiger partial charge in [-0.15, -0.1) is 0 Å². The molecule has 0 bridgehead atoms. The Balaban J connectivity index is 2.36. The van der Waals surface area contributed by atoms with Gasteiger partial charge in [0.05, 0.1) is 12.2 Å². The van der Waals surface area contributed by atoms with E-state index in [9.17, 15) is 4.39 Å². The highest BCUT2D eigenvalue weighted by atomic mass is 32.1. The van der Waals surface area contributed by atoms with Gasteiger partial charge in [-0.3, -0.25) is 4.98 Å². The number of rotatable bonds is 2. The fraction of sp³-hybridized carbons (Fsp3) is 0.182. The van der Waals surface area contributed by atoms with Gasteiger partial charge in [0.25, 0.3) is 0 Å². The fourth-order valence-corrected chi connectivity index (χ4v) is 2.35. The predicted molar refractivity (Wildman–Crippen MR) is 59.3 cm³/mol. The second kappa shape index (κ2) is 4.08. The lowest BCUT2D eigenvalue weighted by Crippen LogP contribution is -2.12. The minimum absolute atomic E-state index is 0.292. The first-order chi connectivity index (χ1) is 7.18. The summed E-state index contributed by atoms with van der Waals surface area (Å²) >= 11 is 1.60. The van der Waals surface area contributed by atoms with Crippen LogP contribution in [0.3, 0.4) is 0 Å². The number of aromatic nitrogens is 1. The summed E-state index contributed by atoms with van der Waals surface area (Å²) in [6.45, 7) is 2.00. The Morgan fingerprint density at radius 1 is 1.40 bits per heavy atom. The quantitative estimate of drug-likeness (QED) is 0.848. The standard InChI is InChI=1S/C11H11FN2S/c1-7-5-15-6-10(7)11(13)8-2-9(12)4-14-3-8/h2-6,11H,13H2,1H3. The van der Waals surface area contributed by atoms with Crippen molar-refractivity contribution in [1.29, 1.82) is 0 Å². The van der Waals surface area contributed by atoms with Gasteiger partial charge in [-0.2, -0.15) is 11.3 Å². The normalized spacial score (nSPS) is 12.7. The van der Waals surface area contributed by atoms with Crippen LogP contribution in [0, 0.1) is 12.7 Å². The molecule has 0 fully saturated rings. The number of aryl methyl sites for hydroxylation is 1. The van der Waals surface area contributed by atoms with E-state index >= 15 is 0 Å². The molecule has 1 atom stereocenters. The molecule has 78 valence electrons. The molecule has 15 heavy (non-hydrogen) atoms. The first-order valence-corrected chi connectivity index (χ1v) is 5.51. The summed E-state index contributed by atoms with van der Waals surface area (Å²) in [7, 11) is 0. The van der Waals surface area contributed by atoms with E-state index in [0.717, 1.165) is 11.1 Å². The molecule has 0 aromatic carbocycles. The SMILES string of the molecule is Cc1cscc1C(N)c1cncc(F)c1. The number of nitrogens with two attached hydrogens (primary N) is 1. The fourth-order valence-electron chi connectivity index (χ4n) is 1.47. The third-order valence-corrected chi connectivity index (χ3v) is 3.20. The molecule has 0 saturated heterocycles. The molecule has 2 rings (SSSR count). The van der Waals surface area contributed by atoms with Crippen LogP contribution in [-0.2, 0) is 0 Å². The Bertz CT molecular complexity index is 467. The second-order valence-corrected chi connectivity index (χ2v) is 4.17. The molecular formula is C11H11FN2S. The molecule has 0 amide bonds. The number of hydrogen-bond donors (Lipinski definition) is 1. The van der Waals surface area contributed by atoms with Crippen LogP contribution in [0.4, 0.5) is 4.39 Å². The van der Waals surface area contributed by atoms with Crippen LogP contribution in [0.1, 0.15) is 22.7 Å². The Morgan fingerprint density at radius 3 is 2.80 bits per heavy atom. The first kappa shape index (κ1) is 10.3. The van der Waals surface area contributed by atoms with Crippen LogP contribution in [0.5, 0.6) is 0 Å². The number of nitrogens with zero attached hydrogens (tertiary/aromatic N) is 1. The predicted octanol–water partition coefficient (Wildman–Crippen LogP) is 2.64. The van der Waals surface area contributed by atoms with E-state index in [1.807, 2.05) is 17.7 Å². The van der Waals surface area contributed by atoms with Crippen LogP contribution in [0.25, 0.3) is 0 Å². The van der Waals surface area contributed by atoms with Gasteiger partial charge in [-0.25, -0.2) is 4.39 Å². The summed E-state index contributed by atoms with van der Waals surface area (Å²) in [6, 6.07) is 1.13. The maximum Gasteiger partial charge on any atom is 0.141 e. The molecule has 0 aliphatic rings. The van der Waals surface area contributed by atoms with E-state index in [-0.39, 0.29) is 11.9 Å². The largest absolute Gasteiger partial charge is 0.320 e. The van der Waals surface area contributed by atoms with Crippen molar-refractivity contribution >= 4 is 11.3 Å². The Kier molecular flexibility index (Phi) is 2.79. The van der Waals surface area contributed by atoms with Crippen molar-refractivity contribution in [3.8, 4) is 0 Å². The van der Waals surface area contributed by atoms with E-state index in [1.165, 1.54) is 12.3 Å².